The smallest absolute Gasteiger partial charge is 0.291 e. The van der Waals surface area contributed by atoms with Crippen molar-refractivity contribution in [2.75, 3.05) is 10.6 Å². The van der Waals surface area contributed by atoms with Crippen LogP contribution in [0.5, 0.6) is 5.75 Å². The highest BCUT2D eigenvalue weighted by Crippen LogP contribution is 2.30. The number of nitrogens with one attached hydrogen (secondary N) is 2. The van der Waals surface area contributed by atoms with Crippen LogP contribution in [-0.2, 0) is 11.4 Å². The summed E-state index contributed by atoms with van der Waals surface area (Å²) in [4.78, 5) is 23.4. The molecule has 2 N–H and O–H groups in total. The summed E-state index contributed by atoms with van der Waals surface area (Å²) in [7, 11) is 0. The SMILES string of the molecule is CC(=O)Nc1cccc(NC(=O)c2ccc(COc3c(F)c(F)c(F)c(F)c3F)o2)c1. The first-order chi connectivity index (χ1) is 14.7. The molecule has 11 heteroatoms. The lowest BCUT2D eigenvalue weighted by Gasteiger charge is -2.09. The van der Waals surface area contributed by atoms with E-state index in [1.54, 1.807) is 18.2 Å². The molecule has 31 heavy (non-hydrogen) atoms. The average molecular weight is 440 g/mol. The van der Waals surface area contributed by atoms with Crippen molar-refractivity contribution in [3.8, 4) is 5.75 Å². The molecule has 0 fully saturated rings. The number of amides is 2. The Balaban J connectivity index is 1.69. The molecule has 162 valence electrons. The number of hydrogen-bond acceptors (Lipinski definition) is 4. The number of anilines is 2. The first kappa shape index (κ1) is 21.8. The summed E-state index contributed by atoms with van der Waals surface area (Å²) in [6.07, 6.45) is 0. The maximum atomic E-state index is 13.6. The molecule has 0 saturated carbocycles. The Bertz CT molecular complexity index is 1130. The van der Waals surface area contributed by atoms with Crippen LogP contribution in [0.25, 0.3) is 0 Å². The monoisotopic (exact) mass is 440 g/mol. The second-order valence-electron chi connectivity index (χ2n) is 6.17. The van der Waals surface area contributed by atoms with Gasteiger partial charge in [-0.25, -0.2) is 13.2 Å². The van der Waals surface area contributed by atoms with Gasteiger partial charge in [-0.3, -0.25) is 9.59 Å². The van der Waals surface area contributed by atoms with Crippen LogP contribution >= 0.6 is 0 Å². The Morgan fingerprint density at radius 2 is 1.45 bits per heavy atom. The molecule has 1 heterocycles. The van der Waals surface area contributed by atoms with Gasteiger partial charge in [0.1, 0.15) is 12.4 Å². The maximum absolute atomic E-state index is 13.6. The van der Waals surface area contributed by atoms with Crippen LogP contribution in [-0.4, -0.2) is 11.8 Å². The van der Waals surface area contributed by atoms with Crippen LogP contribution < -0.4 is 15.4 Å². The summed E-state index contributed by atoms with van der Waals surface area (Å²) in [6.45, 7) is 0.619. The van der Waals surface area contributed by atoms with Crippen molar-refractivity contribution in [2.45, 2.75) is 13.5 Å². The van der Waals surface area contributed by atoms with Crippen molar-refractivity contribution in [3.63, 3.8) is 0 Å². The van der Waals surface area contributed by atoms with Crippen molar-refractivity contribution in [1.29, 1.82) is 0 Å². The maximum Gasteiger partial charge on any atom is 0.291 e. The summed E-state index contributed by atoms with van der Waals surface area (Å²) in [5.74, 6) is -13.6. The minimum absolute atomic E-state index is 0.110. The average Bonchev–Trinajstić information content (AvgIpc) is 3.20. The van der Waals surface area contributed by atoms with Crippen LogP contribution in [0.4, 0.5) is 33.3 Å². The molecule has 3 aromatic rings. The molecule has 1 aromatic heterocycles. The van der Waals surface area contributed by atoms with Gasteiger partial charge in [-0.05, 0) is 30.3 Å². The third kappa shape index (κ3) is 4.82. The summed E-state index contributed by atoms with van der Waals surface area (Å²) in [5, 5.41) is 5.06. The van der Waals surface area contributed by atoms with E-state index in [0.29, 0.717) is 11.4 Å². The molecule has 0 spiro atoms. The van der Waals surface area contributed by atoms with Gasteiger partial charge in [-0.1, -0.05) is 6.07 Å². The van der Waals surface area contributed by atoms with Crippen molar-refractivity contribution in [1.82, 2.24) is 0 Å². The highest BCUT2D eigenvalue weighted by Gasteiger charge is 2.27. The summed E-state index contributed by atoms with van der Waals surface area (Å²) < 4.78 is 76.6. The predicted molar refractivity (Wildman–Crippen MR) is 98.0 cm³/mol. The zero-order valence-corrected chi connectivity index (χ0v) is 15.7. The molecule has 0 saturated heterocycles. The quantitative estimate of drug-likeness (QED) is 0.329. The largest absolute Gasteiger partial charge is 0.479 e. The van der Waals surface area contributed by atoms with Gasteiger partial charge in [0.25, 0.3) is 5.91 Å². The third-order valence-electron chi connectivity index (χ3n) is 3.85. The van der Waals surface area contributed by atoms with E-state index in [2.05, 4.69) is 15.4 Å². The molecule has 2 amide bonds. The van der Waals surface area contributed by atoms with E-state index in [9.17, 15) is 31.5 Å². The van der Waals surface area contributed by atoms with E-state index < -0.39 is 47.3 Å². The van der Waals surface area contributed by atoms with E-state index in [0.717, 1.165) is 0 Å². The van der Waals surface area contributed by atoms with Gasteiger partial charge >= 0.3 is 0 Å². The number of halogens is 5. The van der Waals surface area contributed by atoms with Gasteiger partial charge < -0.3 is 19.8 Å². The van der Waals surface area contributed by atoms with Crippen LogP contribution in [0.3, 0.4) is 0 Å². The number of carbonyl (C=O) groups excluding carboxylic acids is 2. The summed E-state index contributed by atoms with van der Waals surface area (Å²) in [6, 6.07) is 8.71. The zero-order valence-electron chi connectivity index (χ0n) is 15.7. The molecule has 0 radical (unpaired) electrons. The Labute approximate surface area is 171 Å². The van der Waals surface area contributed by atoms with E-state index in [1.165, 1.54) is 25.1 Å². The van der Waals surface area contributed by atoms with Gasteiger partial charge in [0, 0.05) is 18.3 Å². The van der Waals surface area contributed by atoms with E-state index in [1.807, 2.05) is 0 Å². The molecule has 0 aliphatic carbocycles. The number of benzene rings is 2. The number of rotatable bonds is 6. The van der Waals surface area contributed by atoms with Crippen molar-refractivity contribution < 1.29 is 40.7 Å². The zero-order chi connectivity index (χ0) is 22.7. The van der Waals surface area contributed by atoms with Crippen molar-refractivity contribution in [3.05, 3.63) is 77.0 Å². The van der Waals surface area contributed by atoms with Gasteiger partial charge in [0.05, 0.1) is 0 Å². The fourth-order valence-electron chi connectivity index (χ4n) is 2.50. The van der Waals surface area contributed by atoms with E-state index in [-0.39, 0.29) is 17.4 Å². The lowest BCUT2D eigenvalue weighted by molar-refractivity contribution is -0.114. The van der Waals surface area contributed by atoms with Crippen LogP contribution in [0.1, 0.15) is 23.2 Å². The second kappa shape index (κ2) is 8.86. The van der Waals surface area contributed by atoms with Crippen LogP contribution in [0.2, 0.25) is 0 Å². The first-order valence-corrected chi connectivity index (χ1v) is 8.59. The van der Waals surface area contributed by atoms with Gasteiger partial charge in [0.15, 0.2) is 11.5 Å². The highest BCUT2D eigenvalue weighted by atomic mass is 19.2. The van der Waals surface area contributed by atoms with Crippen LogP contribution in [0.15, 0.2) is 40.8 Å². The normalized spacial score (nSPS) is 10.6. The minimum atomic E-state index is -2.30. The fourth-order valence-corrected chi connectivity index (χ4v) is 2.50. The lowest BCUT2D eigenvalue weighted by Crippen LogP contribution is -2.12. The van der Waals surface area contributed by atoms with Gasteiger partial charge in [-0.2, -0.15) is 8.78 Å². The van der Waals surface area contributed by atoms with E-state index in [4.69, 9.17) is 4.42 Å². The molecule has 0 aliphatic rings. The van der Waals surface area contributed by atoms with Crippen LogP contribution in [0, 0.1) is 29.1 Å². The Hall–Kier alpha value is -3.89. The van der Waals surface area contributed by atoms with Gasteiger partial charge in [-0.15, -0.1) is 0 Å². The lowest BCUT2D eigenvalue weighted by atomic mass is 10.2. The standard InChI is InChI=1S/C20H13F5N2O4/c1-9(28)26-10-3-2-4-11(7-10)27-20(29)13-6-5-12(31-13)8-30-19-17(24)15(22)14(21)16(23)18(19)25/h2-7H,8H2,1H3,(H,26,28)(H,27,29). The first-order valence-electron chi connectivity index (χ1n) is 8.59. The molecule has 0 aliphatic heterocycles. The fraction of sp³-hybridized carbons (Fsp3) is 0.100. The Kier molecular flexibility index (Phi) is 6.23. The number of hydrogen-bond donors (Lipinski definition) is 2. The summed E-state index contributed by atoms with van der Waals surface area (Å²) in [5.41, 5.74) is 0.786. The molecule has 2 aromatic carbocycles. The number of ether oxygens (including phenoxy) is 1. The Morgan fingerprint density at radius 1 is 0.871 bits per heavy atom. The molecular weight excluding hydrogens is 427 g/mol. The van der Waals surface area contributed by atoms with Crippen molar-refractivity contribution >= 4 is 23.2 Å². The predicted octanol–water partition coefficient (Wildman–Crippen LogP) is 4.76. The molecule has 0 unspecified atom stereocenters. The Morgan fingerprint density at radius 3 is 2.06 bits per heavy atom. The second-order valence-corrected chi connectivity index (χ2v) is 6.17. The van der Waals surface area contributed by atoms with Crippen molar-refractivity contribution in [2.24, 2.45) is 0 Å². The number of carbonyl (C=O) groups is 2. The topological polar surface area (TPSA) is 80.6 Å². The molecule has 3 rings (SSSR count). The van der Waals surface area contributed by atoms with Gasteiger partial charge in [0.2, 0.25) is 35.0 Å². The molecule has 6 nitrogen and oxygen atoms in total. The highest BCUT2D eigenvalue weighted by molar-refractivity contribution is 6.02. The minimum Gasteiger partial charge on any atom is -0.479 e. The molecule has 0 bridgehead atoms. The van der Waals surface area contributed by atoms with E-state index >= 15 is 0 Å². The third-order valence-corrected chi connectivity index (χ3v) is 3.85. The molecular formula is C20H13F5N2O4. The summed E-state index contributed by atoms with van der Waals surface area (Å²) >= 11 is 0. The number of furan rings is 1. The molecule has 0 atom stereocenters.